The predicted octanol–water partition coefficient (Wildman–Crippen LogP) is 3.07. The van der Waals surface area contributed by atoms with Gasteiger partial charge in [-0.15, -0.1) is 0 Å². The van der Waals surface area contributed by atoms with Gasteiger partial charge >= 0.3 is 5.97 Å². The van der Waals surface area contributed by atoms with Crippen LogP contribution in [0.2, 0.25) is 0 Å². The number of hydrogen-bond donors (Lipinski definition) is 0. The van der Waals surface area contributed by atoms with Gasteiger partial charge in [0.25, 0.3) is 0 Å². The lowest BCUT2D eigenvalue weighted by molar-refractivity contribution is -0.135. The van der Waals surface area contributed by atoms with Gasteiger partial charge in [-0.3, -0.25) is 0 Å². The number of carbonyl (C=O) groups is 1. The molecule has 0 aromatic heterocycles. The Labute approximate surface area is 114 Å². The Bertz CT molecular complexity index is 543. The molecule has 0 bridgehead atoms. The van der Waals surface area contributed by atoms with Crippen molar-refractivity contribution in [3.63, 3.8) is 0 Å². The van der Waals surface area contributed by atoms with Crippen molar-refractivity contribution in [2.45, 2.75) is 19.8 Å². The minimum absolute atomic E-state index is 0.300. The van der Waals surface area contributed by atoms with Crippen molar-refractivity contribution < 1.29 is 9.53 Å². The number of fused-ring (bicyclic) bond motifs is 1. The lowest BCUT2D eigenvalue weighted by atomic mass is 10.0. The molecule has 1 aromatic carbocycles. The summed E-state index contributed by atoms with van der Waals surface area (Å²) in [6, 6.07) is 8.27. The Morgan fingerprint density at radius 1 is 1.26 bits per heavy atom. The quantitative estimate of drug-likeness (QED) is 0.724. The fraction of sp³-hybridized carbons (Fsp3) is 0.312. The van der Waals surface area contributed by atoms with E-state index in [4.69, 9.17) is 4.74 Å². The van der Waals surface area contributed by atoms with E-state index in [-0.39, 0.29) is 5.97 Å². The van der Waals surface area contributed by atoms with Crippen LogP contribution >= 0.6 is 0 Å². The van der Waals surface area contributed by atoms with Crippen molar-refractivity contribution in [1.82, 2.24) is 0 Å². The summed E-state index contributed by atoms with van der Waals surface area (Å²) in [5.41, 5.74) is 4.19. The first kappa shape index (κ1) is 13.4. The minimum atomic E-state index is -0.300. The van der Waals surface area contributed by atoms with E-state index in [0.717, 1.165) is 18.5 Å². The maximum atomic E-state index is 11.8. The number of aryl methyl sites for hydroxylation is 1. The number of allylic oxidation sites excluding steroid dienone is 1. The Balaban J connectivity index is 2.48. The second-order valence-electron chi connectivity index (χ2n) is 4.81. The van der Waals surface area contributed by atoms with E-state index in [1.54, 1.807) is 0 Å². The number of ether oxygens (including phenoxy) is 1. The predicted molar refractivity (Wildman–Crippen MR) is 77.0 cm³/mol. The number of carbonyl (C=O) groups excluding carboxylic acids is 1. The SMILES string of the molecule is COC(=O)C1=C/N(C)c2ccccc2CC/C(C)=C\1. The molecule has 0 spiro atoms. The van der Waals surface area contributed by atoms with Gasteiger partial charge in [-0.05, 0) is 37.5 Å². The van der Waals surface area contributed by atoms with Crippen LogP contribution < -0.4 is 4.90 Å². The van der Waals surface area contributed by atoms with E-state index in [1.165, 1.54) is 18.2 Å². The molecule has 0 amide bonds. The zero-order valence-corrected chi connectivity index (χ0v) is 11.6. The van der Waals surface area contributed by atoms with E-state index in [1.807, 2.05) is 37.2 Å². The zero-order chi connectivity index (χ0) is 13.8. The third-order valence-corrected chi connectivity index (χ3v) is 3.32. The number of anilines is 1. The molecule has 0 unspecified atom stereocenters. The van der Waals surface area contributed by atoms with Crippen LogP contribution in [0, 0.1) is 0 Å². The molecule has 0 aliphatic carbocycles. The number of para-hydroxylation sites is 1. The highest BCUT2D eigenvalue weighted by Crippen LogP contribution is 2.25. The molecule has 1 heterocycles. The summed E-state index contributed by atoms with van der Waals surface area (Å²) in [5, 5.41) is 0. The molecule has 0 atom stereocenters. The van der Waals surface area contributed by atoms with Crippen LogP contribution in [-0.2, 0) is 16.0 Å². The molecular weight excluding hydrogens is 238 g/mol. The average Bonchev–Trinajstić information content (AvgIpc) is 2.48. The highest BCUT2D eigenvalue weighted by molar-refractivity contribution is 5.92. The topological polar surface area (TPSA) is 29.5 Å². The molecule has 100 valence electrons. The summed E-state index contributed by atoms with van der Waals surface area (Å²) in [4.78, 5) is 13.8. The molecule has 3 nitrogen and oxygen atoms in total. The van der Waals surface area contributed by atoms with E-state index in [0.29, 0.717) is 5.57 Å². The van der Waals surface area contributed by atoms with Gasteiger partial charge in [-0.2, -0.15) is 0 Å². The molecule has 0 saturated heterocycles. The summed E-state index contributed by atoms with van der Waals surface area (Å²) >= 11 is 0. The molecule has 3 heteroatoms. The van der Waals surface area contributed by atoms with Crippen molar-refractivity contribution in [2.24, 2.45) is 0 Å². The monoisotopic (exact) mass is 257 g/mol. The summed E-state index contributed by atoms with van der Waals surface area (Å²) in [6.45, 7) is 2.05. The van der Waals surface area contributed by atoms with Crippen LogP contribution in [0.5, 0.6) is 0 Å². The lowest BCUT2D eigenvalue weighted by Gasteiger charge is -2.18. The number of benzene rings is 1. The molecule has 2 rings (SSSR count). The molecule has 1 aliphatic heterocycles. The van der Waals surface area contributed by atoms with E-state index in [9.17, 15) is 4.79 Å². The first-order valence-corrected chi connectivity index (χ1v) is 6.40. The minimum Gasteiger partial charge on any atom is -0.465 e. The van der Waals surface area contributed by atoms with Gasteiger partial charge in [0.2, 0.25) is 0 Å². The summed E-state index contributed by atoms with van der Waals surface area (Å²) in [6.07, 6.45) is 5.66. The Hall–Kier alpha value is -2.03. The van der Waals surface area contributed by atoms with Crippen LogP contribution in [0.25, 0.3) is 0 Å². The van der Waals surface area contributed by atoms with Crippen LogP contribution in [-0.4, -0.2) is 20.1 Å². The van der Waals surface area contributed by atoms with E-state index < -0.39 is 0 Å². The fourth-order valence-corrected chi connectivity index (χ4v) is 2.28. The van der Waals surface area contributed by atoms with Crippen molar-refractivity contribution in [3.05, 3.63) is 53.3 Å². The van der Waals surface area contributed by atoms with Gasteiger partial charge in [0.15, 0.2) is 0 Å². The van der Waals surface area contributed by atoms with Crippen LogP contribution in [0.4, 0.5) is 5.69 Å². The maximum absolute atomic E-state index is 11.8. The van der Waals surface area contributed by atoms with Gasteiger partial charge in [0.1, 0.15) is 0 Å². The average molecular weight is 257 g/mol. The van der Waals surface area contributed by atoms with Crippen molar-refractivity contribution >= 4 is 11.7 Å². The number of hydrogen-bond acceptors (Lipinski definition) is 3. The summed E-state index contributed by atoms with van der Waals surface area (Å²) in [7, 11) is 3.36. The molecule has 0 radical (unpaired) electrons. The maximum Gasteiger partial charge on any atom is 0.339 e. The van der Waals surface area contributed by atoms with Gasteiger partial charge < -0.3 is 9.64 Å². The highest BCUT2D eigenvalue weighted by Gasteiger charge is 2.13. The molecule has 0 fully saturated rings. The fourth-order valence-electron chi connectivity index (χ4n) is 2.28. The van der Waals surface area contributed by atoms with Gasteiger partial charge in [-0.25, -0.2) is 4.79 Å². The Morgan fingerprint density at radius 3 is 2.74 bits per heavy atom. The number of rotatable bonds is 1. The van der Waals surface area contributed by atoms with Crippen molar-refractivity contribution in [2.75, 3.05) is 19.1 Å². The Kier molecular flexibility index (Phi) is 4.05. The number of nitrogens with zero attached hydrogens (tertiary/aromatic N) is 1. The second-order valence-corrected chi connectivity index (χ2v) is 4.81. The second kappa shape index (κ2) is 5.74. The van der Waals surface area contributed by atoms with E-state index >= 15 is 0 Å². The first-order chi connectivity index (χ1) is 9.11. The van der Waals surface area contributed by atoms with Crippen LogP contribution in [0.15, 0.2) is 47.7 Å². The molecule has 0 N–H and O–H groups in total. The third-order valence-electron chi connectivity index (χ3n) is 3.32. The third kappa shape index (κ3) is 3.05. The normalized spacial score (nSPS) is 20.9. The number of esters is 1. The molecule has 19 heavy (non-hydrogen) atoms. The summed E-state index contributed by atoms with van der Waals surface area (Å²) in [5.74, 6) is -0.300. The smallest absolute Gasteiger partial charge is 0.339 e. The molecule has 0 saturated carbocycles. The summed E-state index contributed by atoms with van der Waals surface area (Å²) < 4.78 is 4.83. The van der Waals surface area contributed by atoms with Gasteiger partial charge in [-0.1, -0.05) is 23.8 Å². The Morgan fingerprint density at radius 2 is 2.00 bits per heavy atom. The van der Waals surface area contributed by atoms with Crippen LogP contribution in [0.1, 0.15) is 18.9 Å². The molecule has 1 aromatic rings. The molecular formula is C16H19NO2. The zero-order valence-electron chi connectivity index (χ0n) is 11.6. The van der Waals surface area contributed by atoms with Crippen LogP contribution in [0.3, 0.4) is 0 Å². The van der Waals surface area contributed by atoms with Gasteiger partial charge in [0.05, 0.1) is 12.7 Å². The van der Waals surface area contributed by atoms with Crippen molar-refractivity contribution in [3.8, 4) is 0 Å². The highest BCUT2D eigenvalue weighted by atomic mass is 16.5. The first-order valence-electron chi connectivity index (χ1n) is 6.40. The molecule has 1 aliphatic rings. The largest absolute Gasteiger partial charge is 0.465 e. The lowest BCUT2D eigenvalue weighted by Crippen LogP contribution is -2.14. The van der Waals surface area contributed by atoms with Gasteiger partial charge in [0, 0.05) is 18.9 Å². The van der Waals surface area contributed by atoms with E-state index in [2.05, 4.69) is 18.2 Å². The number of methoxy groups -OCH3 is 1. The van der Waals surface area contributed by atoms with Crippen molar-refractivity contribution in [1.29, 1.82) is 0 Å². The standard InChI is InChI=1S/C16H19NO2/c1-12-8-9-13-6-4-5-7-15(13)17(2)11-14(10-12)16(18)19-3/h4-7,10-11H,8-9H2,1-3H3/b12-10-,14-11+.